The zero-order valence-corrected chi connectivity index (χ0v) is 17.0. The number of piperidine rings is 2. The van der Waals surface area contributed by atoms with E-state index in [1.165, 1.54) is 5.39 Å². The molecule has 146 valence electrons. The number of aromatic nitrogens is 2. The molecule has 0 amide bonds. The standard InChI is InChI=1S/C20H29N5OS/c1-26-17-6-9-24(10-7-17)20-18-13-19(22-14-15(18)3-8-21-20)23-16-4-11-25(27-2)12-5-16/h3,8,13-14,16-17H,4-7,9-12H2,1-2H3,(H,22,23). The normalized spacial score (nSPS) is 20.3. The van der Waals surface area contributed by atoms with Crippen LogP contribution in [-0.2, 0) is 4.74 Å². The molecule has 2 aromatic heterocycles. The summed E-state index contributed by atoms with van der Waals surface area (Å²) in [7, 11) is 1.81. The van der Waals surface area contributed by atoms with Crippen LogP contribution in [0, 0.1) is 0 Å². The van der Waals surface area contributed by atoms with Gasteiger partial charge in [-0.1, -0.05) is 11.9 Å². The van der Waals surface area contributed by atoms with Crippen LogP contribution in [0.4, 0.5) is 11.6 Å². The molecule has 2 aliphatic rings. The highest BCUT2D eigenvalue weighted by Crippen LogP contribution is 2.29. The molecule has 4 heterocycles. The number of nitrogens with one attached hydrogen (secondary N) is 1. The maximum absolute atomic E-state index is 5.51. The maximum Gasteiger partial charge on any atom is 0.136 e. The number of nitrogens with zero attached hydrogens (tertiary/aromatic N) is 4. The van der Waals surface area contributed by atoms with Gasteiger partial charge in [0.2, 0.25) is 0 Å². The molecule has 0 aromatic carbocycles. The number of hydrogen-bond donors (Lipinski definition) is 1. The minimum Gasteiger partial charge on any atom is -0.381 e. The molecule has 2 saturated heterocycles. The van der Waals surface area contributed by atoms with Crippen molar-refractivity contribution < 1.29 is 4.74 Å². The predicted molar refractivity (Wildman–Crippen MR) is 114 cm³/mol. The number of hydrogen-bond acceptors (Lipinski definition) is 7. The summed E-state index contributed by atoms with van der Waals surface area (Å²) in [6.45, 7) is 4.24. The number of anilines is 2. The second-order valence-electron chi connectivity index (χ2n) is 7.38. The third-order valence-electron chi connectivity index (χ3n) is 5.77. The first-order valence-corrected chi connectivity index (χ1v) is 11.0. The third kappa shape index (κ3) is 4.31. The van der Waals surface area contributed by atoms with E-state index in [9.17, 15) is 0 Å². The van der Waals surface area contributed by atoms with Gasteiger partial charge in [0.15, 0.2) is 0 Å². The molecular weight excluding hydrogens is 358 g/mol. The van der Waals surface area contributed by atoms with Crippen LogP contribution in [0.15, 0.2) is 24.5 Å². The van der Waals surface area contributed by atoms with Crippen molar-refractivity contribution in [2.75, 3.05) is 49.8 Å². The van der Waals surface area contributed by atoms with Gasteiger partial charge in [0, 0.05) is 62.5 Å². The lowest BCUT2D eigenvalue weighted by atomic mass is 10.1. The fourth-order valence-electron chi connectivity index (χ4n) is 4.08. The Labute approximate surface area is 165 Å². The SMILES string of the molecule is COC1CCN(c2nccc3cnc(NC4CCN(SC)CC4)cc23)CC1. The van der Waals surface area contributed by atoms with Gasteiger partial charge in [-0.15, -0.1) is 0 Å². The second kappa shape index (κ2) is 8.63. The van der Waals surface area contributed by atoms with Crippen LogP contribution < -0.4 is 10.2 Å². The highest BCUT2D eigenvalue weighted by atomic mass is 32.2. The first kappa shape index (κ1) is 18.8. The predicted octanol–water partition coefficient (Wildman–Crippen LogP) is 3.40. The summed E-state index contributed by atoms with van der Waals surface area (Å²) in [6.07, 6.45) is 10.8. The molecule has 27 heavy (non-hydrogen) atoms. The van der Waals surface area contributed by atoms with Crippen LogP contribution in [-0.4, -0.2) is 66.0 Å². The number of rotatable bonds is 5. The van der Waals surface area contributed by atoms with Gasteiger partial charge in [-0.3, -0.25) is 4.31 Å². The number of methoxy groups -OCH3 is 1. The molecule has 2 aliphatic heterocycles. The van der Waals surface area contributed by atoms with Gasteiger partial charge in [-0.05, 0) is 44.1 Å². The van der Waals surface area contributed by atoms with Crippen molar-refractivity contribution in [3.63, 3.8) is 0 Å². The number of fused-ring (bicyclic) bond motifs is 1. The van der Waals surface area contributed by atoms with Gasteiger partial charge < -0.3 is 15.0 Å². The van der Waals surface area contributed by atoms with Crippen LogP contribution in [0.25, 0.3) is 10.8 Å². The summed E-state index contributed by atoms with van der Waals surface area (Å²) >= 11 is 1.84. The minimum atomic E-state index is 0.377. The summed E-state index contributed by atoms with van der Waals surface area (Å²) in [5, 5.41) is 5.99. The molecule has 7 heteroatoms. The van der Waals surface area contributed by atoms with Crippen molar-refractivity contribution in [1.82, 2.24) is 14.3 Å². The molecule has 2 fully saturated rings. The molecule has 0 spiro atoms. The molecule has 0 bridgehead atoms. The summed E-state index contributed by atoms with van der Waals surface area (Å²) in [5.74, 6) is 2.04. The summed E-state index contributed by atoms with van der Waals surface area (Å²) < 4.78 is 7.94. The Bertz CT molecular complexity index is 757. The molecule has 0 saturated carbocycles. The molecule has 2 aromatic rings. The van der Waals surface area contributed by atoms with Crippen molar-refractivity contribution in [3.8, 4) is 0 Å². The van der Waals surface area contributed by atoms with Crippen LogP contribution in [0.2, 0.25) is 0 Å². The quantitative estimate of drug-likeness (QED) is 0.789. The molecule has 4 rings (SSSR count). The van der Waals surface area contributed by atoms with Crippen molar-refractivity contribution in [2.45, 2.75) is 37.8 Å². The second-order valence-corrected chi connectivity index (χ2v) is 8.26. The molecule has 6 nitrogen and oxygen atoms in total. The van der Waals surface area contributed by atoms with E-state index >= 15 is 0 Å². The lowest BCUT2D eigenvalue weighted by Gasteiger charge is -2.33. The zero-order valence-electron chi connectivity index (χ0n) is 16.2. The zero-order chi connectivity index (χ0) is 18.6. The Morgan fingerprint density at radius 1 is 1.11 bits per heavy atom. The average Bonchev–Trinajstić information content (AvgIpc) is 2.74. The van der Waals surface area contributed by atoms with Crippen LogP contribution in [0.3, 0.4) is 0 Å². The number of ether oxygens (including phenoxy) is 1. The highest BCUT2D eigenvalue weighted by Gasteiger charge is 2.22. The van der Waals surface area contributed by atoms with Gasteiger partial charge in [0.25, 0.3) is 0 Å². The van der Waals surface area contributed by atoms with Crippen LogP contribution in [0.1, 0.15) is 25.7 Å². The molecule has 0 atom stereocenters. The maximum atomic E-state index is 5.51. The van der Waals surface area contributed by atoms with E-state index in [0.717, 1.165) is 68.9 Å². The lowest BCUT2D eigenvalue weighted by molar-refractivity contribution is 0.0818. The van der Waals surface area contributed by atoms with Crippen molar-refractivity contribution in [1.29, 1.82) is 0 Å². The van der Waals surface area contributed by atoms with E-state index in [1.54, 1.807) is 0 Å². The number of pyridine rings is 2. The van der Waals surface area contributed by atoms with Crippen LogP contribution in [0.5, 0.6) is 0 Å². The molecule has 0 unspecified atom stereocenters. The third-order valence-corrected chi connectivity index (χ3v) is 6.65. The average molecular weight is 388 g/mol. The molecule has 0 radical (unpaired) electrons. The van der Waals surface area contributed by atoms with Crippen molar-refractivity contribution in [2.24, 2.45) is 0 Å². The summed E-state index contributed by atoms with van der Waals surface area (Å²) in [5.41, 5.74) is 0. The van der Waals surface area contributed by atoms with Gasteiger partial charge in [0.1, 0.15) is 11.6 Å². The fourth-order valence-corrected chi connectivity index (χ4v) is 4.65. The lowest BCUT2D eigenvalue weighted by Crippen LogP contribution is -2.37. The fraction of sp³-hybridized carbons (Fsp3) is 0.600. The Hall–Kier alpha value is -1.57. The van der Waals surface area contributed by atoms with E-state index in [2.05, 4.69) is 37.9 Å². The summed E-state index contributed by atoms with van der Waals surface area (Å²) in [6, 6.07) is 4.73. The topological polar surface area (TPSA) is 53.5 Å². The van der Waals surface area contributed by atoms with Gasteiger partial charge in [0.05, 0.1) is 6.10 Å². The Balaban J connectivity index is 1.51. The van der Waals surface area contributed by atoms with Gasteiger partial charge in [-0.25, -0.2) is 9.97 Å². The van der Waals surface area contributed by atoms with E-state index in [1.807, 2.05) is 31.5 Å². The van der Waals surface area contributed by atoms with Crippen molar-refractivity contribution >= 4 is 34.4 Å². The monoisotopic (exact) mass is 387 g/mol. The van der Waals surface area contributed by atoms with E-state index in [-0.39, 0.29) is 0 Å². The van der Waals surface area contributed by atoms with E-state index in [0.29, 0.717) is 12.1 Å². The molecular formula is C20H29N5OS. The van der Waals surface area contributed by atoms with Gasteiger partial charge >= 0.3 is 0 Å². The van der Waals surface area contributed by atoms with E-state index in [4.69, 9.17) is 9.72 Å². The Morgan fingerprint density at radius 3 is 2.59 bits per heavy atom. The van der Waals surface area contributed by atoms with E-state index < -0.39 is 0 Å². The minimum absolute atomic E-state index is 0.377. The molecule has 1 N–H and O–H groups in total. The smallest absolute Gasteiger partial charge is 0.136 e. The Kier molecular flexibility index (Phi) is 6.00. The van der Waals surface area contributed by atoms with Crippen molar-refractivity contribution in [3.05, 3.63) is 24.5 Å². The molecule has 0 aliphatic carbocycles. The largest absolute Gasteiger partial charge is 0.381 e. The summed E-state index contributed by atoms with van der Waals surface area (Å²) in [4.78, 5) is 11.8. The highest BCUT2D eigenvalue weighted by molar-refractivity contribution is 7.96. The first-order valence-electron chi connectivity index (χ1n) is 9.85. The van der Waals surface area contributed by atoms with Gasteiger partial charge in [-0.2, -0.15) is 0 Å². The first-order chi connectivity index (χ1) is 13.3. The van der Waals surface area contributed by atoms with Crippen LogP contribution >= 0.6 is 11.9 Å². The Morgan fingerprint density at radius 2 is 1.89 bits per heavy atom.